The van der Waals surface area contributed by atoms with E-state index in [1.807, 2.05) is 14.2 Å². The molecule has 12 atom stereocenters. The van der Waals surface area contributed by atoms with E-state index in [0.717, 1.165) is 45.2 Å². The van der Waals surface area contributed by atoms with Crippen LogP contribution in [0, 0.1) is 40.4 Å². The van der Waals surface area contributed by atoms with Crippen molar-refractivity contribution in [2.75, 3.05) is 40.5 Å². The zero-order valence-corrected chi connectivity index (χ0v) is 19.6. The third-order valence-electron chi connectivity index (χ3n) is 11.4. The molecule has 1 aliphatic heterocycles. The summed E-state index contributed by atoms with van der Waals surface area (Å²) in [5, 5.41) is 22.5. The van der Waals surface area contributed by atoms with Gasteiger partial charge in [-0.1, -0.05) is 6.92 Å². The number of aliphatic hydroxyl groups is 2. The topological polar surface area (TPSA) is 71.4 Å². The second-order valence-corrected chi connectivity index (χ2v) is 11.6. The molecule has 5 aliphatic carbocycles. The van der Waals surface area contributed by atoms with Crippen molar-refractivity contribution in [1.82, 2.24) is 4.90 Å². The fraction of sp³-hybridized carbons (Fsp3) is 1.00. The fourth-order valence-corrected chi connectivity index (χ4v) is 10.9. The molecule has 6 rings (SSSR count). The van der Waals surface area contributed by atoms with Crippen molar-refractivity contribution in [3.8, 4) is 0 Å². The minimum atomic E-state index is -0.369. The van der Waals surface area contributed by atoms with Gasteiger partial charge < -0.3 is 24.4 Å². The van der Waals surface area contributed by atoms with E-state index in [2.05, 4.69) is 18.7 Å². The summed E-state index contributed by atoms with van der Waals surface area (Å²) in [5.74, 6) is 1.49. The van der Waals surface area contributed by atoms with Gasteiger partial charge in [0.1, 0.15) is 0 Å². The van der Waals surface area contributed by atoms with E-state index in [1.165, 1.54) is 0 Å². The zero-order chi connectivity index (χ0) is 21.8. The average molecular weight is 436 g/mol. The number of ether oxygens (including phenoxy) is 3. The molecule has 0 unspecified atom stereocenters. The van der Waals surface area contributed by atoms with Crippen LogP contribution in [-0.4, -0.2) is 85.6 Å². The van der Waals surface area contributed by atoms with Crippen LogP contribution in [0.1, 0.15) is 46.0 Å². The van der Waals surface area contributed by atoms with Gasteiger partial charge in [0, 0.05) is 68.4 Å². The van der Waals surface area contributed by atoms with Crippen molar-refractivity contribution in [3.63, 3.8) is 0 Å². The largest absolute Gasteiger partial charge is 0.396 e. The van der Waals surface area contributed by atoms with Gasteiger partial charge in [0.15, 0.2) is 0 Å². The van der Waals surface area contributed by atoms with E-state index in [1.54, 1.807) is 0 Å². The third kappa shape index (κ3) is 2.17. The van der Waals surface area contributed by atoms with E-state index in [0.29, 0.717) is 30.4 Å². The number of aliphatic hydroxyl groups excluding tert-OH is 2. The van der Waals surface area contributed by atoms with Crippen molar-refractivity contribution < 1.29 is 24.4 Å². The maximum Gasteiger partial charge on any atom is 0.0806 e. The number of hydrogen-bond acceptors (Lipinski definition) is 6. The van der Waals surface area contributed by atoms with Gasteiger partial charge in [-0.3, -0.25) is 4.90 Å². The lowest BCUT2D eigenvalue weighted by Gasteiger charge is -2.69. The van der Waals surface area contributed by atoms with Crippen LogP contribution in [-0.2, 0) is 14.2 Å². The minimum absolute atomic E-state index is 0.00170. The Kier molecular flexibility index (Phi) is 4.74. The number of nitrogens with zero attached hydrogens (tertiary/aromatic N) is 1. The Morgan fingerprint density at radius 1 is 1.10 bits per heavy atom. The molecule has 5 saturated carbocycles. The molecule has 0 aromatic carbocycles. The number of hydrogen-bond donors (Lipinski definition) is 2. The van der Waals surface area contributed by atoms with E-state index < -0.39 is 0 Å². The number of methoxy groups -OCH3 is 2. The summed E-state index contributed by atoms with van der Waals surface area (Å²) in [5.41, 5.74) is -0.388. The lowest BCUT2D eigenvalue weighted by molar-refractivity contribution is -0.284. The van der Waals surface area contributed by atoms with Crippen LogP contribution in [0.2, 0.25) is 0 Å². The molecule has 1 saturated heterocycles. The van der Waals surface area contributed by atoms with Crippen LogP contribution in [0.3, 0.4) is 0 Å². The van der Waals surface area contributed by atoms with E-state index in [-0.39, 0.29) is 53.2 Å². The molecule has 6 fully saturated rings. The smallest absolute Gasteiger partial charge is 0.0806 e. The van der Waals surface area contributed by atoms with Gasteiger partial charge in [0.05, 0.1) is 30.5 Å². The van der Waals surface area contributed by atoms with Gasteiger partial charge >= 0.3 is 0 Å². The molecule has 0 radical (unpaired) electrons. The highest BCUT2D eigenvalue weighted by Crippen LogP contribution is 2.79. The average Bonchev–Trinajstić information content (AvgIpc) is 3.18. The minimum Gasteiger partial charge on any atom is -0.396 e. The Hall–Kier alpha value is -0.240. The fourth-order valence-electron chi connectivity index (χ4n) is 10.9. The van der Waals surface area contributed by atoms with Crippen molar-refractivity contribution in [3.05, 3.63) is 0 Å². The van der Waals surface area contributed by atoms with Crippen LogP contribution < -0.4 is 0 Å². The first-order valence-electron chi connectivity index (χ1n) is 12.7. The monoisotopic (exact) mass is 435 g/mol. The molecule has 1 heterocycles. The van der Waals surface area contributed by atoms with Gasteiger partial charge in [-0.2, -0.15) is 0 Å². The van der Waals surface area contributed by atoms with Gasteiger partial charge in [-0.25, -0.2) is 0 Å². The molecular weight excluding hydrogens is 394 g/mol. The molecule has 6 heteroatoms. The highest BCUT2D eigenvalue weighted by Gasteiger charge is 2.84. The second kappa shape index (κ2) is 6.89. The normalized spacial score (nSPS) is 59.2. The molecule has 176 valence electrons. The Balaban J connectivity index is 1.60. The predicted molar refractivity (Wildman–Crippen MR) is 115 cm³/mol. The molecule has 31 heavy (non-hydrogen) atoms. The number of likely N-dealkylation sites (tertiary alicyclic amines) is 1. The molecule has 0 aromatic heterocycles. The molecule has 1 spiro atoms. The second-order valence-electron chi connectivity index (χ2n) is 11.6. The van der Waals surface area contributed by atoms with Crippen molar-refractivity contribution in [1.29, 1.82) is 0 Å². The highest BCUT2D eigenvalue weighted by molar-refractivity contribution is 5.33. The quantitative estimate of drug-likeness (QED) is 0.664. The van der Waals surface area contributed by atoms with Crippen molar-refractivity contribution in [2.24, 2.45) is 40.4 Å². The van der Waals surface area contributed by atoms with Gasteiger partial charge in [-0.15, -0.1) is 0 Å². The first kappa shape index (κ1) is 21.3. The molecule has 0 amide bonds. The first-order valence-corrected chi connectivity index (χ1v) is 12.7. The van der Waals surface area contributed by atoms with E-state index in [4.69, 9.17) is 14.2 Å². The maximum absolute atomic E-state index is 11.7. The molecular formula is C25H41NO5. The zero-order valence-electron chi connectivity index (χ0n) is 19.6. The summed E-state index contributed by atoms with van der Waals surface area (Å²) in [4.78, 5) is 2.69. The summed E-state index contributed by atoms with van der Waals surface area (Å²) in [6.07, 6.45) is 4.92. The number of fused-ring (bicyclic) bond motifs is 2. The predicted octanol–water partition coefficient (Wildman–Crippen LogP) is 1.92. The van der Waals surface area contributed by atoms with Gasteiger partial charge in [-0.05, 0) is 51.0 Å². The Labute approximate surface area is 186 Å². The summed E-state index contributed by atoms with van der Waals surface area (Å²) in [6.45, 7) is 7.29. The number of rotatable bonds is 6. The third-order valence-corrected chi connectivity index (χ3v) is 11.4. The van der Waals surface area contributed by atoms with E-state index in [9.17, 15) is 10.2 Å². The molecule has 2 N–H and O–H groups in total. The Bertz CT molecular complexity index is 735. The van der Waals surface area contributed by atoms with Gasteiger partial charge in [0.2, 0.25) is 0 Å². The van der Waals surface area contributed by atoms with Crippen molar-refractivity contribution in [2.45, 2.75) is 75.9 Å². The Morgan fingerprint density at radius 3 is 2.55 bits per heavy atom. The van der Waals surface area contributed by atoms with Crippen LogP contribution in [0.4, 0.5) is 0 Å². The highest BCUT2D eigenvalue weighted by atomic mass is 16.5. The standard InChI is InChI=1S/C25H41NO5/c1-5-26-12-23(13-27)8-7-19(30-4)25-15-9-14-17(29-3)11-24(31-6-2,20(15)21(14)28)16(22(25)26)10-18(23)25/h14-22,27-28H,5-13H2,1-4H3/t14-,15-,16+,17+,18-,19+,20-,21+,22-,23+,24+,25-/m1/s1. The summed E-state index contributed by atoms with van der Waals surface area (Å²) < 4.78 is 19.2. The maximum atomic E-state index is 11.7. The molecule has 7 bridgehead atoms. The molecule has 0 aromatic rings. The summed E-state index contributed by atoms with van der Waals surface area (Å²) in [6, 6.07) is 0.404. The van der Waals surface area contributed by atoms with Crippen LogP contribution in [0.5, 0.6) is 0 Å². The van der Waals surface area contributed by atoms with Gasteiger partial charge in [0.25, 0.3) is 0 Å². The summed E-state index contributed by atoms with van der Waals surface area (Å²) in [7, 11) is 3.70. The lowest BCUT2D eigenvalue weighted by atomic mass is 9.43. The van der Waals surface area contributed by atoms with Crippen molar-refractivity contribution >= 4 is 0 Å². The summed E-state index contributed by atoms with van der Waals surface area (Å²) >= 11 is 0. The molecule has 6 aliphatic rings. The molecule has 6 nitrogen and oxygen atoms in total. The van der Waals surface area contributed by atoms with Crippen LogP contribution >= 0.6 is 0 Å². The first-order chi connectivity index (χ1) is 15.0. The SMILES string of the molecule is CCO[C@]12C[C@H](OC)[C@H]3C[C@H]([C@@H]1[C@H]3O)[C@@]13[C@@H](OC)CC[C@@]4(CO)CN(CC)[C@@H]1[C@@H]2C[C@H]43. The van der Waals surface area contributed by atoms with Crippen LogP contribution in [0.25, 0.3) is 0 Å². The number of piperidine rings is 1. The van der Waals surface area contributed by atoms with Crippen LogP contribution in [0.15, 0.2) is 0 Å². The lowest BCUT2D eigenvalue weighted by Crippen LogP contribution is -2.76. The van der Waals surface area contributed by atoms with E-state index >= 15 is 0 Å². The Morgan fingerprint density at radius 2 is 1.90 bits per heavy atom.